The first-order valence-electron chi connectivity index (χ1n) is 10.1. The number of aromatic nitrogens is 1. The van der Waals surface area contributed by atoms with E-state index in [0.717, 1.165) is 13.1 Å². The molecule has 1 saturated heterocycles. The van der Waals surface area contributed by atoms with Gasteiger partial charge in [0.2, 0.25) is 0 Å². The van der Waals surface area contributed by atoms with Crippen LogP contribution >= 0.6 is 0 Å². The van der Waals surface area contributed by atoms with E-state index < -0.39 is 17.7 Å². The van der Waals surface area contributed by atoms with E-state index in [1.807, 2.05) is 6.07 Å². The van der Waals surface area contributed by atoms with E-state index >= 15 is 0 Å². The van der Waals surface area contributed by atoms with Gasteiger partial charge in [0.25, 0.3) is 11.7 Å². The topological polar surface area (TPSA) is 83.0 Å². The lowest BCUT2D eigenvalue weighted by molar-refractivity contribution is -0.140. The lowest BCUT2D eigenvalue weighted by Gasteiger charge is -2.28. The number of carbonyl (C=O) groups is 2. The van der Waals surface area contributed by atoms with Gasteiger partial charge in [0.15, 0.2) is 0 Å². The van der Waals surface area contributed by atoms with Crippen molar-refractivity contribution in [3.05, 3.63) is 65.5 Å². The molecule has 1 aromatic heterocycles. The number of Topliss-reactive ketones (excluding diaryl/α,β-unsaturated/α-hetero) is 1. The van der Waals surface area contributed by atoms with Crippen LogP contribution in [0, 0.1) is 0 Å². The van der Waals surface area contributed by atoms with Crippen LogP contribution in [0.1, 0.15) is 31.0 Å². The highest BCUT2D eigenvalue weighted by molar-refractivity contribution is 6.46. The Morgan fingerprint density at radius 1 is 1.17 bits per heavy atom. The molecule has 158 valence electrons. The number of ether oxygens (including phenoxy) is 1. The first kappa shape index (κ1) is 21.5. The Morgan fingerprint density at radius 3 is 2.53 bits per heavy atom. The van der Waals surface area contributed by atoms with Gasteiger partial charge >= 0.3 is 0 Å². The van der Waals surface area contributed by atoms with Gasteiger partial charge in [-0.25, -0.2) is 0 Å². The molecule has 3 rings (SSSR count). The van der Waals surface area contributed by atoms with Gasteiger partial charge in [-0.1, -0.05) is 32.0 Å². The minimum Gasteiger partial charge on any atom is -0.507 e. The quantitative estimate of drug-likeness (QED) is 0.410. The molecule has 1 amide bonds. The number of amides is 1. The fourth-order valence-corrected chi connectivity index (χ4v) is 3.77. The van der Waals surface area contributed by atoms with Crippen molar-refractivity contribution >= 4 is 17.4 Å². The fourth-order valence-electron chi connectivity index (χ4n) is 3.77. The van der Waals surface area contributed by atoms with Crippen molar-refractivity contribution in [2.75, 3.05) is 33.3 Å². The zero-order valence-corrected chi connectivity index (χ0v) is 17.5. The van der Waals surface area contributed by atoms with Gasteiger partial charge in [-0.3, -0.25) is 14.6 Å². The van der Waals surface area contributed by atoms with E-state index in [1.165, 1.54) is 12.0 Å². The van der Waals surface area contributed by atoms with Gasteiger partial charge in [0, 0.05) is 25.5 Å². The number of hydrogen-bond donors (Lipinski definition) is 1. The normalized spacial score (nSPS) is 18.3. The number of pyridine rings is 1. The maximum absolute atomic E-state index is 13.0. The van der Waals surface area contributed by atoms with Crippen LogP contribution in [0.2, 0.25) is 0 Å². The lowest BCUT2D eigenvalue weighted by Crippen LogP contribution is -2.38. The van der Waals surface area contributed by atoms with E-state index in [2.05, 4.69) is 23.7 Å². The van der Waals surface area contributed by atoms with Gasteiger partial charge in [-0.05, 0) is 36.9 Å². The minimum atomic E-state index is -0.709. The van der Waals surface area contributed by atoms with Crippen LogP contribution in [0.5, 0.6) is 5.75 Å². The third-order valence-corrected chi connectivity index (χ3v) is 5.45. The Balaban J connectivity index is 2.11. The zero-order valence-electron chi connectivity index (χ0n) is 17.5. The molecule has 1 aromatic carbocycles. The second-order valence-electron chi connectivity index (χ2n) is 7.01. The largest absolute Gasteiger partial charge is 0.507 e. The highest BCUT2D eigenvalue weighted by Gasteiger charge is 2.46. The summed E-state index contributed by atoms with van der Waals surface area (Å²) >= 11 is 0. The summed E-state index contributed by atoms with van der Waals surface area (Å²) in [6, 6.07) is 9.73. The molecule has 1 aliphatic heterocycles. The molecule has 2 aromatic rings. The number of nitrogens with zero attached hydrogens (tertiary/aromatic N) is 3. The van der Waals surface area contributed by atoms with Crippen molar-refractivity contribution in [3.8, 4) is 5.75 Å². The van der Waals surface area contributed by atoms with Crippen molar-refractivity contribution in [1.29, 1.82) is 0 Å². The predicted molar refractivity (Wildman–Crippen MR) is 114 cm³/mol. The van der Waals surface area contributed by atoms with Crippen molar-refractivity contribution in [2.45, 2.75) is 19.9 Å². The number of likely N-dealkylation sites (N-methyl/N-ethyl adjacent to an activating group) is 1. The van der Waals surface area contributed by atoms with E-state index in [-0.39, 0.29) is 11.3 Å². The summed E-state index contributed by atoms with van der Waals surface area (Å²) < 4.78 is 5.34. The van der Waals surface area contributed by atoms with E-state index in [1.54, 1.807) is 42.7 Å². The van der Waals surface area contributed by atoms with Crippen molar-refractivity contribution < 1.29 is 19.4 Å². The van der Waals surface area contributed by atoms with Crippen LogP contribution in [0.25, 0.3) is 5.76 Å². The van der Waals surface area contributed by atoms with Crippen molar-refractivity contribution in [1.82, 2.24) is 14.8 Å². The summed E-state index contributed by atoms with van der Waals surface area (Å²) in [7, 11) is 1.49. The zero-order chi connectivity index (χ0) is 21.7. The van der Waals surface area contributed by atoms with E-state index in [9.17, 15) is 14.7 Å². The highest BCUT2D eigenvalue weighted by Crippen LogP contribution is 2.40. The van der Waals surface area contributed by atoms with Crippen LogP contribution in [0.3, 0.4) is 0 Å². The Morgan fingerprint density at radius 2 is 1.90 bits per heavy atom. The third-order valence-electron chi connectivity index (χ3n) is 5.45. The highest BCUT2D eigenvalue weighted by atomic mass is 16.5. The van der Waals surface area contributed by atoms with Crippen LogP contribution < -0.4 is 4.74 Å². The lowest BCUT2D eigenvalue weighted by atomic mass is 9.96. The summed E-state index contributed by atoms with van der Waals surface area (Å²) in [6.45, 7) is 6.80. The number of likely N-dealkylation sites (tertiary alicyclic amines) is 1. The van der Waals surface area contributed by atoms with E-state index in [0.29, 0.717) is 30.0 Å². The maximum atomic E-state index is 13.0. The van der Waals surface area contributed by atoms with Crippen LogP contribution in [0.15, 0.2) is 54.4 Å². The number of benzene rings is 1. The molecule has 7 heteroatoms. The van der Waals surface area contributed by atoms with Crippen molar-refractivity contribution in [2.24, 2.45) is 0 Å². The second kappa shape index (κ2) is 9.54. The van der Waals surface area contributed by atoms with Crippen LogP contribution in [-0.4, -0.2) is 64.9 Å². The molecule has 0 spiro atoms. The summed E-state index contributed by atoms with van der Waals surface area (Å²) in [6.07, 6.45) is 3.25. The Hall–Kier alpha value is -3.19. The molecule has 1 N–H and O–H groups in total. The average Bonchev–Trinajstić information content (AvgIpc) is 3.04. The van der Waals surface area contributed by atoms with E-state index in [4.69, 9.17) is 4.74 Å². The van der Waals surface area contributed by atoms with Gasteiger partial charge < -0.3 is 19.6 Å². The van der Waals surface area contributed by atoms with Crippen LogP contribution in [-0.2, 0) is 9.59 Å². The molecule has 1 atom stereocenters. The monoisotopic (exact) mass is 409 g/mol. The van der Waals surface area contributed by atoms with Gasteiger partial charge in [-0.15, -0.1) is 0 Å². The predicted octanol–water partition coefficient (Wildman–Crippen LogP) is 2.85. The smallest absolute Gasteiger partial charge is 0.295 e. The molecule has 0 aliphatic carbocycles. The number of para-hydroxylation sites is 1. The number of aliphatic hydroxyl groups is 1. The van der Waals surface area contributed by atoms with Crippen LogP contribution in [0.4, 0.5) is 0 Å². The summed E-state index contributed by atoms with van der Waals surface area (Å²) in [5.74, 6) is -1.14. The summed E-state index contributed by atoms with van der Waals surface area (Å²) in [5, 5.41) is 11.1. The Kier molecular flexibility index (Phi) is 6.84. The first-order valence-corrected chi connectivity index (χ1v) is 10.1. The molecule has 1 aliphatic rings. The second-order valence-corrected chi connectivity index (χ2v) is 7.01. The molecule has 2 heterocycles. The minimum absolute atomic E-state index is 0.0528. The molecule has 1 fully saturated rings. The third kappa shape index (κ3) is 4.07. The molecular weight excluding hydrogens is 382 g/mol. The molecule has 7 nitrogen and oxygen atoms in total. The maximum Gasteiger partial charge on any atom is 0.295 e. The molecule has 30 heavy (non-hydrogen) atoms. The average molecular weight is 409 g/mol. The number of ketones is 1. The Labute approximate surface area is 176 Å². The molecular formula is C23H27N3O4. The van der Waals surface area contributed by atoms with Gasteiger partial charge in [0.05, 0.1) is 24.3 Å². The number of methoxy groups -OCH3 is 1. The summed E-state index contributed by atoms with van der Waals surface area (Å²) in [5.41, 5.74) is 1.10. The molecule has 0 bridgehead atoms. The fraction of sp³-hybridized carbons (Fsp3) is 0.348. The summed E-state index contributed by atoms with van der Waals surface area (Å²) in [4.78, 5) is 33.8. The molecule has 1 unspecified atom stereocenters. The molecule has 0 saturated carbocycles. The Bertz CT molecular complexity index is 938. The number of carbonyl (C=O) groups excluding carboxylic acids is 2. The van der Waals surface area contributed by atoms with Gasteiger partial charge in [0.1, 0.15) is 11.5 Å². The molecule has 0 radical (unpaired) electrons. The van der Waals surface area contributed by atoms with Crippen molar-refractivity contribution in [3.63, 3.8) is 0 Å². The SMILES string of the molecule is CCN(CC)CCN1C(=O)C(=O)/C(=C(/O)c2ccccc2OC)C1c1cccnc1. The standard InChI is InChI=1S/C23H27N3O4/c1-4-25(5-2)13-14-26-20(16-9-8-12-24-15-16)19(22(28)23(26)29)21(27)17-10-6-7-11-18(17)30-3/h6-12,15,20,27H,4-5,13-14H2,1-3H3/b21-19+. The first-order chi connectivity index (χ1) is 14.5. The number of rotatable bonds is 8. The number of aliphatic hydroxyl groups excluding tert-OH is 1. The van der Waals surface area contributed by atoms with Gasteiger partial charge in [-0.2, -0.15) is 0 Å². The number of hydrogen-bond acceptors (Lipinski definition) is 6.